The Balaban J connectivity index is 1.28. The van der Waals surface area contributed by atoms with E-state index >= 15 is 0 Å². The molecule has 0 spiro atoms. The third kappa shape index (κ3) is 4.15. The number of benzene rings is 2. The van der Waals surface area contributed by atoms with E-state index in [1.165, 1.54) is 5.56 Å². The topological polar surface area (TPSA) is 39.7 Å². The molecule has 0 unspecified atom stereocenters. The molecule has 1 aliphatic rings. The van der Waals surface area contributed by atoms with Crippen LogP contribution < -0.4 is 19.5 Å². The quantitative estimate of drug-likeness (QED) is 0.759. The van der Waals surface area contributed by atoms with Crippen molar-refractivity contribution >= 4 is 0 Å². The van der Waals surface area contributed by atoms with Crippen LogP contribution in [-0.2, 0) is 6.54 Å². The Hall–Kier alpha value is -2.20. The maximum atomic E-state index is 5.66. The minimum Gasteiger partial charge on any atom is -0.494 e. The van der Waals surface area contributed by atoms with Gasteiger partial charge in [0.25, 0.3) is 0 Å². The Bertz CT molecular complexity index is 586. The van der Waals surface area contributed by atoms with E-state index in [9.17, 15) is 0 Å². The lowest BCUT2D eigenvalue weighted by molar-refractivity contribution is 0.174. The number of unbranched alkanes of at least 4 members (excludes halogenated alkanes) is 1. The summed E-state index contributed by atoms with van der Waals surface area (Å²) in [5.74, 6) is 2.62. The SMILES string of the molecule is c1ccc(OCCCCNCc2ccc3c(c2)OCO3)cc1. The summed E-state index contributed by atoms with van der Waals surface area (Å²) in [6.45, 7) is 2.91. The summed E-state index contributed by atoms with van der Waals surface area (Å²) in [5, 5.41) is 3.44. The molecule has 0 radical (unpaired) electrons. The first-order valence-corrected chi connectivity index (χ1v) is 7.69. The van der Waals surface area contributed by atoms with E-state index in [-0.39, 0.29) is 0 Å². The zero-order valence-electron chi connectivity index (χ0n) is 12.6. The highest BCUT2D eigenvalue weighted by Gasteiger charge is 2.12. The Morgan fingerprint density at radius 3 is 2.73 bits per heavy atom. The summed E-state index contributed by atoms with van der Waals surface area (Å²) in [6.07, 6.45) is 2.14. The molecule has 3 rings (SSSR count). The van der Waals surface area contributed by atoms with Gasteiger partial charge >= 0.3 is 0 Å². The van der Waals surface area contributed by atoms with Gasteiger partial charge in [0, 0.05) is 6.54 Å². The van der Waals surface area contributed by atoms with Crippen molar-refractivity contribution in [2.45, 2.75) is 19.4 Å². The molecule has 0 fully saturated rings. The van der Waals surface area contributed by atoms with Crippen molar-refractivity contribution in [2.24, 2.45) is 0 Å². The van der Waals surface area contributed by atoms with Crippen LogP contribution in [0.2, 0.25) is 0 Å². The van der Waals surface area contributed by atoms with Crippen LogP contribution in [0.5, 0.6) is 17.2 Å². The number of rotatable bonds is 8. The Morgan fingerprint density at radius 2 is 1.82 bits per heavy atom. The average Bonchev–Trinajstić information content (AvgIpc) is 3.02. The zero-order chi connectivity index (χ0) is 15.0. The van der Waals surface area contributed by atoms with Gasteiger partial charge in [0.2, 0.25) is 6.79 Å². The number of para-hydroxylation sites is 1. The van der Waals surface area contributed by atoms with Gasteiger partial charge in [0.1, 0.15) is 5.75 Å². The number of ether oxygens (including phenoxy) is 3. The van der Waals surface area contributed by atoms with E-state index in [0.29, 0.717) is 6.79 Å². The second-order valence-corrected chi connectivity index (χ2v) is 5.23. The zero-order valence-corrected chi connectivity index (χ0v) is 12.6. The molecule has 0 aliphatic carbocycles. The standard InChI is InChI=1S/C18H21NO3/c1-2-6-16(7-3-1)20-11-5-4-10-19-13-15-8-9-17-18(12-15)22-14-21-17/h1-3,6-9,12,19H,4-5,10-11,13-14H2. The molecule has 2 aromatic carbocycles. The van der Waals surface area contributed by atoms with Gasteiger partial charge in [0.15, 0.2) is 11.5 Å². The van der Waals surface area contributed by atoms with Gasteiger partial charge in [-0.15, -0.1) is 0 Å². The molecule has 0 bridgehead atoms. The largest absolute Gasteiger partial charge is 0.494 e. The van der Waals surface area contributed by atoms with Gasteiger partial charge in [-0.1, -0.05) is 24.3 Å². The van der Waals surface area contributed by atoms with Crippen LogP contribution in [0.25, 0.3) is 0 Å². The lowest BCUT2D eigenvalue weighted by Crippen LogP contribution is -2.15. The molecule has 0 atom stereocenters. The van der Waals surface area contributed by atoms with Crippen molar-refractivity contribution in [3.8, 4) is 17.2 Å². The number of hydrogen-bond donors (Lipinski definition) is 1. The number of fused-ring (bicyclic) bond motifs is 1. The summed E-state index contributed by atoms with van der Waals surface area (Å²) >= 11 is 0. The van der Waals surface area contributed by atoms with E-state index in [1.54, 1.807) is 0 Å². The van der Waals surface area contributed by atoms with E-state index in [2.05, 4.69) is 11.4 Å². The minimum absolute atomic E-state index is 0.327. The third-order valence-electron chi connectivity index (χ3n) is 3.53. The minimum atomic E-state index is 0.327. The van der Waals surface area contributed by atoms with E-state index < -0.39 is 0 Å². The Kier molecular flexibility index (Phi) is 5.16. The molecular weight excluding hydrogens is 278 g/mol. The van der Waals surface area contributed by atoms with Crippen LogP contribution in [0.3, 0.4) is 0 Å². The van der Waals surface area contributed by atoms with E-state index in [0.717, 1.165) is 49.8 Å². The third-order valence-corrected chi connectivity index (χ3v) is 3.53. The summed E-state index contributed by atoms with van der Waals surface area (Å²) in [6, 6.07) is 16.0. The lowest BCUT2D eigenvalue weighted by Gasteiger charge is -2.07. The molecule has 0 aromatic heterocycles. The predicted octanol–water partition coefficient (Wildman–Crippen LogP) is 3.36. The molecule has 116 valence electrons. The molecule has 4 heteroatoms. The Labute approximate surface area is 131 Å². The van der Waals surface area contributed by atoms with Crippen molar-refractivity contribution < 1.29 is 14.2 Å². The first-order valence-electron chi connectivity index (χ1n) is 7.69. The maximum Gasteiger partial charge on any atom is 0.231 e. The van der Waals surface area contributed by atoms with Crippen LogP contribution in [0.15, 0.2) is 48.5 Å². The van der Waals surface area contributed by atoms with Crippen molar-refractivity contribution in [1.82, 2.24) is 5.32 Å². The van der Waals surface area contributed by atoms with Crippen LogP contribution in [0.1, 0.15) is 18.4 Å². The molecule has 4 nitrogen and oxygen atoms in total. The van der Waals surface area contributed by atoms with Crippen molar-refractivity contribution in [3.63, 3.8) is 0 Å². The highest BCUT2D eigenvalue weighted by Crippen LogP contribution is 2.32. The van der Waals surface area contributed by atoms with Gasteiger partial charge in [-0.3, -0.25) is 0 Å². The van der Waals surface area contributed by atoms with Crippen LogP contribution in [0, 0.1) is 0 Å². The first kappa shape index (κ1) is 14.7. The molecule has 0 saturated heterocycles. The second-order valence-electron chi connectivity index (χ2n) is 5.23. The van der Waals surface area contributed by atoms with Gasteiger partial charge in [-0.2, -0.15) is 0 Å². The van der Waals surface area contributed by atoms with Gasteiger partial charge in [0.05, 0.1) is 6.61 Å². The van der Waals surface area contributed by atoms with E-state index in [1.807, 2.05) is 42.5 Å². The monoisotopic (exact) mass is 299 g/mol. The van der Waals surface area contributed by atoms with Gasteiger partial charge < -0.3 is 19.5 Å². The molecule has 0 saturated carbocycles. The molecule has 22 heavy (non-hydrogen) atoms. The maximum absolute atomic E-state index is 5.66. The van der Waals surface area contributed by atoms with Crippen molar-refractivity contribution in [1.29, 1.82) is 0 Å². The average molecular weight is 299 g/mol. The van der Waals surface area contributed by atoms with Gasteiger partial charge in [-0.05, 0) is 49.2 Å². The van der Waals surface area contributed by atoms with Crippen LogP contribution >= 0.6 is 0 Å². The first-order chi connectivity index (χ1) is 10.9. The highest BCUT2D eigenvalue weighted by molar-refractivity contribution is 5.44. The predicted molar refractivity (Wildman–Crippen MR) is 85.4 cm³/mol. The summed E-state index contributed by atoms with van der Waals surface area (Å²) in [4.78, 5) is 0. The van der Waals surface area contributed by atoms with Crippen molar-refractivity contribution in [3.05, 3.63) is 54.1 Å². The highest BCUT2D eigenvalue weighted by atomic mass is 16.7. The number of hydrogen-bond acceptors (Lipinski definition) is 4. The van der Waals surface area contributed by atoms with Crippen LogP contribution in [0.4, 0.5) is 0 Å². The van der Waals surface area contributed by atoms with Crippen LogP contribution in [-0.4, -0.2) is 19.9 Å². The number of nitrogens with one attached hydrogen (secondary N) is 1. The fourth-order valence-corrected chi connectivity index (χ4v) is 2.34. The second kappa shape index (κ2) is 7.71. The molecule has 1 N–H and O–H groups in total. The molecule has 2 aromatic rings. The molecule has 0 amide bonds. The van der Waals surface area contributed by atoms with E-state index in [4.69, 9.17) is 14.2 Å². The molecule has 1 heterocycles. The fourth-order valence-electron chi connectivity index (χ4n) is 2.34. The molecular formula is C18H21NO3. The summed E-state index contributed by atoms with van der Waals surface area (Å²) < 4.78 is 16.3. The van der Waals surface area contributed by atoms with Gasteiger partial charge in [-0.25, -0.2) is 0 Å². The fraction of sp³-hybridized carbons (Fsp3) is 0.333. The van der Waals surface area contributed by atoms with Crippen molar-refractivity contribution in [2.75, 3.05) is 19.9 Å². The normalized spacial score (nSPS) is 12.4. The smallest absolute Gasteiger partial charge is 0.231 e. The summed E-state index contributed by atoms with van der Waals surface area (Å²) in [5.41, 5.74) is 1.21. The molecule has 1 aliphatic heterocycles. The lowest BCUT2D eigenvalue weighted by atomic mass is 10.2. The summed E-state index contributed by atoms with van der Waals surface area (Å²) in [7, 11) is 0. The Morgan fingerprint density at radius 1 is 0.955 bits per heavy atom.